The highest BCUT2D eigenvalue weighted by Crippen LogP contribution is 2.27. The SMILES string of the molecule is COc1ccc(CCCNC(=O)C(C)Oc2ccc(C)cc2C)cc1OC. The van der Waals surface area contributed by atoms with Crippen molar-refractivity contribution in [3.63, 3.8) is 0 Å². The third kappa shape index (κ3) is 5.91. The predicted octanol–water partition coefficient (Wildman–Crippen LogP) is 3.84. The van der Waals surface area contributed by atoms with Gasteiger partial charge in [-0.3, -0.25) is 4.79 Å². The van der Waals surface area contributed by atoms with Gasteiger partial charge in [0, 0.05) is 6.54 Å². The van der Waals surface area contributed by atoms with Crippen molar-refractivity contribution < 1.29 is 19.0 Å². The summed E-state index contributed by atoms with van der Waals surface area (Å²) in [6, 6.07) is 11.8. The maximum absolute atomic E-state index is 12.2. The van der Waals surface area contributed by atoms with Gasteiger partial charge in [-0.25, -0.2) is 0 Å². The summed E-state index contributed by atoms with van der Waals surface area (Å²) >= 11 is 0. The second-order valence-electron chi connectivity index (χ2n) is 6.61. The zero-order valence-electron chi connectivity index (χ0n) is 16.8. The molecule has 2 aromatic carbocycles. The third-order valence-electron chi connectivity index (χ3n) is 4.39. The van der Waals surface area contributed by atoms with E-state index in [2.05, 4.69) is 5.32 Å². The highest BCUT2D eigenvalue weighted by Gasteiger charge is 2.15. The fourth-order valence-electron chi connectivity index (χ4n) is 2.86. The van der Waals surface area contributed by atoms with Crippen LogP contribution in [0.5, 0.6) is 17.2 Å². The molecule has 0 heterocycles. The molecule has 0 saturated carbocycles. The summed E-state index contributed by atoms with van der Waals surface area (Å²) in [6.45, 7) is 6.37. The van der Waals surface area contributed by atoms with Gasteiger partial charge in [-0.15, -0.1) is 0 Å². The number of rotatable bonds is 9. The largest absolute Gasteiger partial charge is 0.493 e. The number of aryl methyl sites for hydroxylation is 3. The number of hydrogen-bond acceptors (Lipinski definition) is 4. The number of amides is 1. The average Bonchev–Trinajstić information content (AvgIpc) is 2.66. The molecule has 27 heavy (non-hydrogen) atoms. The summed E-state index contributed by atoms with van der Waals surface area (Å²) in [7, 11) is 3.24. The predicted molar refractivity (Wildman–Crippen MR) is 107 cm³/mol. The number of methoxy groups -OCH3 is 2. The first-order valence-electron chi connectivity index (χ1n) is 9.17. The van der Waals surface area contributed by atoms with E-state index in [9.17, 15) is 4.79 Å². The molecule has 0 aliphatic rings. The molecular weight excluding hydrogens is 342 g/mol. The number of benzene rings is 2. The maximum Gasteiger partial charge on any atom is 0.260 e. The Labute approximate surface area is 161 Å². The summed E-state index contributed by atoms with van der Waals surface area (Å²) < 4.78 is 16.3. The lowest BCUT2D eigenvalue weighted by molar-refractivity contribution is -0.127. The minimum Gasteiger partial charge on any atom is -0.493 e. The second kappa shape index (κ2) is 9.86. The number of nitrogens with one attached hydrogen (secondary N) is 1. The first-order valence-corrected chi connectivity index (χ1v) is 9.17. The molecule has 0 fully saturated rings. The van der Waals surface area contributed by atoms with E-state index >= 15 is 0 Å². The van der Waals surface area contributed by atoms with Crippen molar-refractivity contribution in [3.05, 3.63) is 53.1 Å². The number of carbonyl (C=O) groups is 1. The Kier molecular flexibility index (Phi) is 7.53. The smallest absolute Gasteiger partial charge is 0.260 e. The summed E-state index contributed by atoms with van der Waals surface area (Å²) in [6.07, 6.45) is 1.14. The Hall–Kier alpha value is -2.69. The van der Waals surface area contributed by atoms with Crippen molar-refractivity contribution in [1.29, 1.82) is 0 Å². The molecule has 0 saturated heterocycles. The molecule has 0 aromatic heterocycles. The molecule has 1 N–H and O–H groups in total. The van der Waals surface area contributed by atoms with Crippen LogP contribution in [-0.4, -0.2) is 32.8 Å². The first-order chi connectivity index (χ1) is 12.9. The highest BCUT2D eigenvalue weighted by molar-refractivity contribution is 5.80. The molecule has 2 rings (SSSR count). The van der Waals surface area contributed by atoms with E-state index in [0.717, 1.165) is 35.5 Å². The molecular formula is C22H29NO4. The minimum atomic E-state index is -0.535. The lowest BCUT2D eigenvalue weighted by Crippen LogP contribution is -2.37. The lowest BCUT2D eigenvalue weighted by atomic mass is 10.1. The van der Waals surface area contributed by atoms with E-state index < -0.39 is 6.10 Å². The van der Waals surface area contributed by atoms with Crippen molar-refractivity contribution >= 4 is 5.91 Å². The third-order valence-corrected chi connectivity index (χ3v) is 4.39. The van der Waals surface area contributed by atoms with Gasteiger partial charge in [0.25, 0.3) is 5.91 Å². The monoisotopic (exact) mass is 371 g/mol. The van der Waals surface area contributed by atoms with Gasteiger partial charge in [0.15, 0.2) is 17.6 Å². The van der Waals surface area contributed by atoms with Crippen molar-refractivity contribution in [1.82, 2.24) is 5.32 Å². The molecule has 1 unspecified atom stereocenters. The number of ether oxygens (including phenoxy) is 3. The van der Waals surface area contributed by atoms with Crippen molar-refractivity contribution in [3.8, 4) is 17.2 Å². The zero-order valence-corrected chi connectivity index (χ0v) is 16.8. The maximum atomic E-state index is 12.2. The molecule has 146 valence electrons. The van der Waals surface area contributed by atoms with Gasteiger partial charge in [0.05, 0.1) is 14.2 Å². The quantitative estimate of drug-likeness (QED) is 0.681. The van der Waals surface area contributed by atoms with Gasteiger partial charge in [0.2, 0.25) is 0 Å². The van der Waals surface area contributed by atoms with Crippen molar-refractivity contribution in [2.75, 3.05) is 20.8 Å². The van der Waals surface area contributed by atoms with Crippen LogP contribution < -0.4 is 19.5 Å². The van der Waals surface area contributed by atoms with Crippen LogP contribution in [0, 0.1) is 13.8 Å². The van der Waals surface area contributed by atoms with Gasteiger partial charge < -0.3 is 19.5 Å². The molecule has 0 spiro atoms. The molecule has 5 heteroatoms. The van der Waals surface area contributed by atoms with Gasteiger partial charge in [-0.1, -0.05) is 23.8 Å². The molecule has 1 atom stereocenters. The molecule has 0 aliphatic heterocycles. The standard InChI is InChI=1S/C22H29NO4/c1-15-8-10-19(16(2)13-15)27-17(3)22(24)23-12-6-7-18-9-11-20(25-4)21(14-18)26-5/h8-11,13-14,17H,6-7,12H2,1-5H3,(H,23,24). The lowest BCUT2D eigenvalue weighted by Gasteiger charge is -2.16. The number of carbonyl (C=O) groups excluding carboxylic acids is 1. The van der Waals surface area contributed by atoms with E-state index in [1.54, 1.807) is 21.1 Å². The molecule has 5 nitrogen and oxygen atoms in total. The fourth-order valence-corrected chi connectivity index (χ4v) is 2.86. The van der Waals surface area contributed by atoms with Crippen LogP contribution in [-0.2, 0) is 11.2 Å². The van der Waals surface area contributed by atoms with Crippen LogP contribution in [0.1, 0.15) is 30.0 Å². The van der Waals surface area contributed by atoms with Crippen LogP contribution in [0.3, 0.4) is 0 Å². The molecule has 0 radical (unpaired) electrons. The summed E-state index contributed by atoms with van der Waals surface area (Å²) in [5.41, 5.74) is 3.34. The Balaban J connectivity index is 1.78. The average molecular weight is 371 g/mol. The second-order valence-corrected chi connectivity index (χ2v) is 6.61. The minimum absolute atomic E-state index is 0.109. The van der Waals surface area contributed by atoms with Crippen LogP contribution in [0.4, 0.5) is 0 Å². The Morgan fingerprint density at radius 2 is 1.70 bits per heavy atom. The molecule has 0 bridgehead atoms. The number of hydrogen-bond donors (Lipinski definition) is 1. The summed E-state index contributed by atoms with van der Waals surface area (Å²) in [5, 5.41) is 2.94. The van der Waals surface area contributed by atoms with Crippen LogP contribution in [0.15, 0.2) is 36.4 Å². The highest BCUT2D eigenvalue weighted by atomic mass is 16.5. The zero-order chi connectivity index (χ0) is 19.8. The van der Waals surface area contributed by atoms with E-state index in [-0.39, 0.29) is 5.91 Å². The molecule has 0 aliphatic carbocycles. The van der Waals surface area contributed by atoms with Gasteiger partial charge in [-0.2, -0.15) is 0 Å². The van der Waals surface area contributed by atoms with Crippen LogP contribution >= 0.6 is 0 Å². The first kappa shape index (κ1) is 20.6. The van der Waals surface area contributed by atoms with E-state index in [1.807, 2.05) is 50.2 Å². The van der Waals surface area contributed by atoms with Gasteiger partial charge in [0.1, 0.15) is 5.75 Å². The molecule has 1 amide bonds. The van der Waals surface area contributed by atoms with Crippen LogP contribution in [0.2, 0.25) is 0 Å². The fraction of sp³-hybridized carbons (Fsp3) is 0.409. The van der Waals surface area contributed by atoms with Crippen molar-refractivity contribution in [2.24, 2.45) is 0 Å². The Bertz CT molecular complexity index is 773. The van der Waals surface area contributed by atoms with Crippen molar-refractivity contribution in [2.45, 2.75) is 39.7 Å². The van der Waals surface area contributed by atoms with E-state index in [0.29, 0.717) is 12.3 Å². The van der Waals surface area contributed by atoms with Crippen LogP contribution in [0.25, 0.3) is 0 Å². The van der Waals surface area contributed by atoms with E-state index in [4.69, 9.17) is 14.2 Å². The van der Waals surface area contributed by atoms with Gasteiger partial charge in [-0.05, 0) is 62.9 Å². The van der Waals surface area contributed by atoms with E-state index in [1.165, 1.54) is 5.56 Å². The summed E-state index contributed by atoms with van der Waals surface area (Å²) in [4.78, 5) is 12.2. The topological polar surface area (TPSA) is 56.8 Å². The Morgan fingerprint density at radius 3 is 2.37 bits per heavy atom. The summed E-state index contributed by atoms with van der Waals surface area (Å²) in [5.74, 6) is 2.07. The van der Waals surface area contributed by atoms with Gasteiger partial charge >= 0.3 is 0 Å². The molecule has 2 aromatic rings. The Morgan fingerprint density at radius 1 is 1.00 bits per heavy atom. The normalized spacial score (nSPS) is 11.6.